The summed E-state index contributed by atoms with van der Waals surface area (Å²) in [6.45, 7) is 5.64. The lowest BCUT2D eigenvalue weighted by atomic mass is 10.1. The summed E-state index contributed by atoms with van der Waals surface area (Å²) in [5, 5.41) is 4.61. The summed E-state index contributed by atoms with van der Waals surface area (Å²) in [6.07, 6.45) is 14.0. The maximum Gasteiger partial charge on any atom is 0.0853 e. The van der Waals surface area contributed by atoms with E-state index in [1.807, 2.05) is 0 Å². The molecule has 0 radical (unpaired) electrons. The first-order chi connectivity index (χ1) is 8.91. The first kappa shape index (κ1) is 17.9. The largest absolute Gasteiger partial charge is 0.206 e. The Morgan fingerprint density at radius 1 is 0.500 bits per heavy atom. The van der Waals surface area contributed by atoms with Crippen LogP contribution in [0.3, 0.4) is 0 Å². The Labute approximate surface area is 113 Å². The molecular weight excluding hydrogens is 228 g/mol. The van der Waals surface area contributed by atoms with E-state index in [1.54, 1.807) is 0 Å². The molecule has 0 aromatic heterocycles. The zero-order valence-corrected chi connectivity index (χ0v) is 12.4. The molecule has 0 unspecified atom stereocenters. The molecule has 110 valence electrons. The third-order valence-electron chi connectivity index (χ3n) is 3.01. The molecule has 0 amide bonds. The van der Waals surface area contributed by atoms with Crippen LogP contribution in [0.2, 0.25) is 0 Å². The monoisotopic (exact) mass is 260 g/mol. The van der Waals surface area contributed by atoms with Crippen LogP contribution in [0.25, 0.3) is 0 Å². The van der Waals surface area contributed by atoms with Crippen molar-refractivity contribution in [2.75, 3.05) is 13.2 Å². The average molecular weight is 260 g/mol. The van der Waals surface area contributed by atoms with Crippen LogP contribution in [0.4, 0.5) is 0 Å². The number of unbranched alkanes of at least 4 members (excludes halogenated alkanes) is 9. The first-order valence-corrected chi connectivity index (χ1v) is 7.82. The SMILES string of the molecule is CCCCCCCCCCCOOOCCCC. The van der Waals surface area contributed by atoms with Gasteiger partial charge in [-0.3, -0.25) is 0 Å². The van der Waals surface area contributed by atoms with Gasteiger partial charge in [-0.1, -0.05) is 76.7 Å². The van der Waals surface area contributed by atoms with Gasteiger partial charge in [-0.05, 0) is 12.8 Å². The quantitative estimate of drug-likeness (QED) is 0.230. The van der Waals surface area contributed by atoms with E-state index in [0.29, 0.717) is 13.2 Å². The van der Waals surface area contributed by atoms with Crippen molar-refractivity contribution in [3.8, 4) is 0 Å². The normalized spacial score (nSPS) is 11.0. The highest BCUT2D eigenvalue weighted by molar-refractivity contribution is 4.46. The minimum Gasteiger partial charge on any atom is -0.206 e. The van der Waals surface area contributed by atoms with Gasteiger partial charge in [0, 0.05) is 0 Å². The molecule has 0 spiro atoms. The lowest BCUT2D eigenvalue weighted by molar-refractivity contribution is -0.512. The van der Waals surface area contributed by atoms with Crippen molar-refractivity contribution >= 4 is 0 Å². The fraction of sp³-hybridized carbons (Fsp3) is 1.00. The van der Waals surface area contributed by atoms with E-state index in [1.165, 1.54) is 51.4 Å². The van der Waals surface area contributed by atoms with Crippen molar-refractivity contribution in [3.05, 3.63) is 0 Å². The molecule has 0 saturated carbocycles. The van der Waals surface area contributed by atoms with Crippen molar-refractivity contribution in [1.29, 1.82) is 0 Å². The molecule has 0 aliphatic rings. The Morgan fingerprint density at radius 2 is 0.944 bits per heavy atom. The maximum atomic E-state index is 4.92. The average Bonchev–Trinajstić information content (AvgIpc) is 2.39. The van der Waals surface area contributed by atoms with Gasteiger partial charge < -0.3 is 0 Å². The van der Waals surface area contributed by atoms with Gasteiger partial charge in [0.1, 0.15) is 0 Å². The molecule has 0 aromatic rings. The smallest absolute Gasteiger partial charge is 0.0853 e. The van der Waals surface area contributed by atoms with Crippen LogP contribution in [0.15, 0.2) is 0 Å². The van der Waals surface area contributed by atoms with E-state index in [2.05, 4.69) is 18.9 Å². The van der Waals surface area contributed by atoms with E-state index >= 15 is 0 Å². The van der Waals surface area contributed by atoms with Gasteiger partial charge in [0.2, 0.25) is 0 Å². The predicted octanol–water partition coefficient (Wildman–Crippen LogP) is 5.20. The van der Waals surface area contributed by atoms with Gasteiger partial charge in [0.15, 0.2) is 0 Å². The number of hydrogen-bond acceptors (Lipinski definition) is 3. The summed E-state index contributed by atoms with van der Waals surface area (Å²) >= 11 is 0. The lowest BCUT2D eigenvalue weighted by Crippen LogP contribution is -2.00. The second kappa shape index (κ2) is 16.9. The van der Waals surface area contributed by atoms with Gasteiger partial charge >= 0.3 is 0 Å². The minimum atomic E-state index is 0.619. The van der Waals surface area contributed by atoms with Gasteiger partial charge in [-0.2, -0.15) is 0 Å². The van der Waals surface area contributed by atoms with Crippen LogP contribution in [0, 0.1) is 0 Å². The second-order valence-corrected chi connectivity index (χ2v) is 4.89. The minimum absolute atomic E-state index is 0.619. The topological polar surface area (TPSA) is 27.7 Å². The third kappa shape index (κ3) is 15.9. The zero-order chi connectivity index (χ0) is 13.3. The highest BCUT2D eigenvalue weighted by atomic mass is 17.5. The van der Waals surface area contributed by atoms with Crippen molar-refractivity contribution in [1.82, 2.24) is 0 Å². The van der Waals surface area contributed by atoms with E-state index < -0.39 is 0 Å². The molecule has 0 saturated heterocycles. The van der Waals surface area contributed by atoms with Crippen molar-refractivity contribution < 1.29 is 14.8 Å². The molecule has 0 heterocycles. The lowest BCUT2D eigenvalue weighted by Gasteiger charge is -2.03. The molecule has 3 nitrogen and oxygen atoms in total. The Balaban J connectivity index is 2.86. The summed E-state index contributed by atoms with van der Waals surface area (Å²) in [7, 11) is 0. The Hall–Kier alpha value is -0.120. The highest BCUT2D eigenvalue weighted by Crippen LogP contribution is 2.09. The third-order valence-corrected chi connectivity index (χ3v) is 3.01. The van der Waals surface area contributed by atoms with Crippen LogP contribution in [0.5, 0.6) is 0 Å². The van der Waals surface area contributed by atoms with Crippen LogP contribution in [-0.2, 0) is 14.8 Å². The van der Waals surface area contributed by atoms with Crippen molar-refractivity contribution in [3.63, 3.8) is 0 Å². The predicted molar refractivity (Wildman–Crippen MR) is 75.1 cm³/mol. The molecule has 0 rings (SSSR count). The fourth-order valence-corrected chi connectivity index (χ4v) is 1.78. The Kier molecular flexibility index (Phi) is 16.8. The molecule has 18 heavy (non-hydrogen) atoms. The van der Waals surface area contributed by atoms with Gasteiger partial charge in [-0.25, -0.2) is 9.78 Å². The zero-order valence-electron chi connectivity index (χ0n) is 12.4. The molecule has 0 atom stereocenters. The van der Waals surface area contributed by atoms with Gasteiger partial charge in [-0.15, -0.1) is 0 Å². The van der Waals surface area contributed by atoms with Crippen LogP contribution in [-0.4, -0.2) is 13.2 Å². The molecule has 0 fully saturated rings. The summed E-state index contributed by atoms with van der Waals surface area (Å²) < 4.78 is 0. The fourth-order valence-electron chi connectivity index (χ4n) is 1.78. The molecule has 3 heteroatoms. The molecule has 0 bridgehead atoms. The molecule has 0 aliphatic carbocycles. The van der Waals surface area contributed by atoms with Crippen LogP contribution >= 0.6 is 0 Å². The van der Waals surface area contributed by atoms with Crippen LogP contribution < -0.4 is 0 Å². The van der Waals surface area contributed by atoms with Gasteiger partial charge in [0.05, 0.1) is 13.2 Å². The highest BCUT2D eigenvalue weighted by Gasteiger charge is 1.93. The Bertz CT molecular complexity index is 124. The van der Waals surface area contributed by atoms with E-state index in [9.17, 15) is 0 Å². The number of hydrogen-bond donors (Lipinski definition) is 0. The van der Waals surface area contributed by atoms with Crippen molar-refractivity contribution in [2.24, 2.45) is 0 Å². The van der Waals surface area contributed by atoms with Crippen LogP contribution in [0.1, 0.15) is 84.5 Å². The Morgan fingerprint density at radius 3 is 1.50 bits per heavy atom. The summed E-state index contributed by atoms with van der Waals surface area (Å²) in [6, 6.07) is 0. The van der Waals surface area contributed by atoms with Crippen molar-refractivity contribution in [2.45, 2.75) is 84.5 Å². The molecule has 0 aromatic carbocycles. The summed E-state index contributed by atoms with van der Waals surface area (Å²) in [5.41, 5.74) is 0. The van der Waals surface area contributed by atoms with Gasteiger partial charge in [0.25, 0.3) is 0 Å². The molecule has 0 N–H and O–H groups in total. The molecular formula is C15H32O3. The van der Waals surface area contributed by atoms with E-state index in [-0.39, 0.29) is 0 Å². The number of rotatable bonds is 15. The summed E-state index contributed by atoms with van der Waals surface area (Å²) in [4.78, 5) is 9.75. The van der Waals surface area contributed by atoms with E-state index in [0.717, 1.165) is 19.3 Å². The summed E-state index contributed by atoms with van der Waals surface area (Å²) in [5.74, 6) is 0. The maximum absolute atomic E-state index is 4.92. The van der Waals surface area contributed by atoms with E-state index in [4.69, 9.17) is 9.78 Å². The molecule has 0 aliphatic heterocycles. The second-order valence-electron chi connectivity index (χ2n) is 4.89. The standard InChI is InChI=1S/C15H32O3/c1-3-5-7-8-9-10-11-12-13-15-17-18-16-14-6-4-2/h3-15H2,1-2H3. The first-order valence-electron chi connectivity index (χ1n) is 7.82.